The smallest absolute Gasteiger partial charge is 0.118 e. The number of hydrogen-bond donors (Lipinski definition) is 0. The van der Waals surface area contributed by atoms with Crippen molar-refractivity contribution in [3.8, 4) is 22.8 Å². The van der Waals surface area contributed by atoms with Crippen LogP contribution in [0.15, 0.2) is 60.9 Å². The summed E-state index contributed by atoms with van der Waals surface area (Å²) in [7, 11) is 0. The van der Waals surface area contributed by atoms with Crippen molar-refractivity contribution in [2.75, 3.05) is 0 Å². The summed E-state index contributed by atoms with van der Waals surface area (Å²) >= 11 is 0. The van der Waals surface area contributed by atoms with Gasteiger partial charge < -0.3 is 0 Å². The number of aryl methyl sites for hydroxylation is 2. The average Bonchev–Trinajstić information content (AvgIpc) is 2.62. The predicted octanol–water partition coefficient (Wildman–Crippen LogP) is 4.37. The maximum Gasteiger partial charge on any atom is 0.118 e. The van der Waals surface area contributed by atoms with Crippen LogP contribution in [-0.4, -0.2) is 19.9 Å². The van der Waals surface area contributed by atoms with Gasteiger partial charge in [0.1, 0.15) is 11.4 Å². The summed E-state index contributed by atoms with van der Waals surface area (Å²) in [5.41, 5.74) is 7.08. The van der Waals surface area contributed by atoms with Crippen molar-refractivity contribution in [1.82, 2.24) is 19.9 Å². The fourth-order valence-electron chi connectivity index (χ4n) is 2.80. The molecule has 1 aromatic carbocycles. The Hall–Kier alpha value is -3.14. The molecule has 0 aliphatic heterocycles. The molecule has 0 aliphatic carbocycles. The molecule has 3 heterocycles. The standard InChI is InChI=1S/C20H16N4/c1-13-7-5-11-21-17(13)19-20(18-14(2)8-6-12-22-18)24-16-10-4-3-9-15(16)23-19/h3-12H,1-2H3. The summed E-state index contributed by atoms with van der Waals surface area (Å²) in [6.45, 7) is 4.07. The lowest BCUT2D eigenvalue weighted by Crippen LogP contribution is -2.00. The molecule has 0 fully saturated rings. The van der Waals surface area contributed by atoms with Crippen LogP contribution < -0.4 is 0 Å². The van der Waals surface area contributed by atoms with E-state index in [1.165, 1.54) is 0 Å². The van der Waals surface area contributed by atoms with Gasteiger partial charge in [-0.15, -0.1) is 0 Å². The highest BCUT2D eigenvalue weighted by Crippen LogP contribution is 2.31. The fraction of sp³-hybridized carbons (Fsp3) is 0.100. The number of rotatable bonds is 2. The fourth-order valence-corrected chi connectivity index (χ4v) is 2.80. The van der Waals surface area contributed by atoms with Crippen LogP contribution in [0.5, 0.6) is 0 Å². The van der Waals surface area contributed by atoms with Gasteiger partial charge in [0.15, 0.2) is 0 Å². The first kappa shape index (κ1) is 14.5. The van der Waals surface area contributed by atoms with Crippen LogP contribution in [0.1, 0.15) is 11.1 Å². The Morgan fingerprint density at radius 3 is 1.42 bits per heavy atom. The van der Waals surface area contributed by atoms with Gasteiger partial charge in [-0.05, 0) is 49.2 Å². The molecule has 0 saturated carbocycles. The summed E-state index contributed by atoms with van der Waals surface area (Å²) in [5.74, 6) is 0. The molecule has 24 heavy (non-hydrogen) atoms. The Morgan fingerprint density at radius 1 is 0.542 bits per heavy atom. The van der Waals surface area contributed by atoms with Crippen molar-refractivity contribution < 1.29 is 0 Å². The summed E-state index contributed by atoms with van der Waals surface area (Å²) < 4.78 is 0. The first-order chi connectivity index (χ1) is 11.7. The number of aromatic nitrogens is 4. The number of pyridine rings is 2. The molecule has 0 saturated heterocycles. The van der Waals surface area contributed by atoms with E-state index in [4.69, 9.17) is 9.97 Å². The van der Waals surface area contributed by atoms with E-state index in [1.807, 2.05) is 62.4 Å². The molecule has 0 radical (unpaired) electrons. The Bertz CT molecular complexity index is 956. The maximum absolute atomic E-state index is 4.86. The van der Waals surface area contributed by atoms with E-state index < -0.39 is 0 Å². The SMILES string of the molecule is Cc1cccnc1-c1nc2ccccc2nc1-c1ncccc1C. The molecule has 116 valence electrons. The normalized spacial score (nSPS) is 10.9. The van der Waals surface area contributed by atoms with Gasteiger partial charge in [0.05, 0.1) is 22.4 Å². The molecule has 0 bridgehead atoms. The molecule has 0 atom stereocenters. The minimum Gasteiger partial charge on any atom is -0.254 e. The Morgan fingerprint density at radius 2 is 1.00 bits per heavy atom. The van der Waals surface area contributed by atoms with Gasteiger partial charge in [-0.25, -0.2) is 9.97 Å². The lowest BCUT2D eigenvalue weighted by atomic mass is 10.0. The second-order valence-corrected chi connectivity index (χ2v) is 5.75. The van der Waals surface area contributed by atoms with E-state index >= 15 is 0 Å². The van der Waals surface area contributed by atoms with Gasteiger partial charge in [-0.2, -0.15) is 0 Å². The second-order valence-electron chi connectivity index (χ2n) is 5.75. The minimum atomic E-state index is 0.772. The van der Waals surface area contributed by atoms with E-state index in [2.05, 4.69) is 9.97 Å². The monoisotopic (exact) mass is 312 g/mol. The largest absolute Gasteiger partial charge is 0.254 e. The molecule has 4 heteroatoms. The third-order valence-corrected chi connectivity index (χ3v) is 4.04. The van der Waals surface area contributed by atoms with Gasteiger partial charge in [-0.3, -0.25) is 9.97 Å². The highest BCUT2D eigenvalue weighted by atomic mass is 14.9. The molecule has 4 aromatic rings. The minimum absolute atomic E-state index is 0.772. The number of nitrogens with zero attached hydrogens (tertiary/aromatic N) is 4. The number of para-hydroxylation sites is 2. The first-order valence-corrected chi connectivity index (χ1v) is 7.85. The molecular formula is C20H16N4. The van der Waals surface area contributed by atoms with E-state index in [0.717, 1.165) is 44.9 Å². The zero-order valence-corrected chi connectivity index (χ0v) is 13.6. The molecule has 0 N–H and O–H groups in total. The highest BCUT2D eigenvalue weighted by Gasteiger charge is 2.17. The van der Waals surface area contributed by atoms with Crippen molar-refractivity contribution in [2.45, 2.75) is 13.8 Å². The summed E-state index contributed by atoms with van der Waals surface area (Å²) in [6.07, 6.45) is 3.57. The third kappa shape index (κ3) is 2.42. The van der Waals surface area contributed by atoms with Crippen molar-refractivity contribution in [3.05, 3.63) is 72.1 Å². The van der Waals surface area contributed by atoms with Gasteiger partial charge >= 0.3 is 0 Å². The quantitative estimate of drug-likeness (QED) is 0.551. The molecule has 0 amide bonds. The average molecular weight is 312 g/mol. The van der Waals surface area contributed by atoms with Crippen molar-refractivity contribution in [1.29, 1.82) is 0 Å². The van der Waals surface area contributed by atoms with Crippen LogP contribution in [0.25, 0.3) is 33.8 Å². The number of benzene rings is 1. The van der Waals surface area contributed by atoms with Crippen LogP contribution in [-0.2, 0) is 0 Å². The summed E-state index contributed by atoms with van der Waals surface area (Å²) in [6, 6.07) is 15.8. The lowest BCUT2D eigenvalue weighted by molar-refractivity contribution is 1.17. The zero-order valence-electron chi connectivity index (χ0n) is 13.6. The molecular weight excluding hydrogens is 296 g/mol. The van der Waals surface area contributed by atoms with Gasteiger partial charge in [0.2, 0.25) is 0 Å². The summed E-state index contributed by atoms with van der Waals surface area (Å²) in [5, 5.41) is 0. The Balaban J connectivity index is 2.09. The molecule has 0 spiro atoms. The molecule has 3 aromatic heterocycles. The van der Waals surface area contributed by atoms with Crippen LogP contribution in [0.2, 0.25) is 0 Å². The van der Waals surface area contributed by atoms with Crippen molar-refractivity contribution in [3.63, 3.8) is 0 Å². The second kappa shape index (κ2) is 5.81. The van der Waals surface area contributed by atoms with E-state index in [0.29, 0.717) is 0 Å². The topological polar surface area (TPSA) is 51.6 Å². The highest BCUT2D eigenvalue weighted by molar-refractivity contribution is 5.85. The van der Waals surface area contributed by atoms with Crippen molar-refractivity contribution in [2.24, 2.45) is 0 Å². The van der Waals surface area contributed by atoms with Gasteiger partial charge in [0.25, 0.3) is 0 Å². The predicted molar refractivity (Wildman–Crippen MR) is 95.5 cm³/mol. The van der Waals surface area contributed by atoms with E-state index in [9.17, 15) is 0 Å². The third-order valence-electron chi connectivity index (χ3n) is 4.04. The number of fused-ring (bicyclic) bond motifs is 1. The Kier molecular flexibility index (Phi) is 3.50. The maximum atomic E-state index is 4.86. The molecule has 4 nitrogen and oxygen atoms in total. The number of hydrogen-bond acceptors (Lipinski definition) is 4. The summed E-state index contributed by atoms with van der Waals surface area (Å²) in [4.78, 5) is 18.8. The molecule has 0 aliphatic rings. The van der Waals surface area contributed by atoms with Crippen LogP contribution in [0.4, 0.5) is 0 Å². The lowest BCUT2D eigenvalue weighted by Gasteiger charge is -2.12. The molecule has 4 rings (SSSR count). The first-order valence-electron chi connectivity index (χ1n) is 7.85. The van der Waals surface area contributed by atoms with Gasteiger partial charge in [0, 0.05) is 12.4 Å². The van der Waals surface area contributed by atoms with Gasteiger partial charge in [-0.1, -0.05) is 24.3 Å². The van der Waals surface area contributed by atoms with E-state index in [-0.39, 0.29) is 0 Å². The van der Waals surface area contributed by atoms with Crippen molar-refractivity contribution >= 4 is 11.0 Å². The Labute approximate surface area is 140 Å². The van der Waals surface area contributed by atoms with Crippen LogP contribution in [0, 0.1) is 13.8 Å². The van der Waals surface area contributed by atoms with E-state index in [1.54, 1.807) is 12.4 Å². The van der Waals surface area contributed by atoms with Crippen LogP contribution >= 0.6 is 0 Å². The zero-order chi connectivity index (χ0) is 16.5. The van der Waals surface area contributed by atoms with Crippen LogP contribution in [0.3, 0.4) is 0 Å². The molecule has 0 unspecified atom stereocenters.